The van der Waals surface area contributed by atoms with Gasteiger partial charge in [-0.2, -0.15) is 0 Å². The maximum atomic E-state index is 12.9. The molecule has 0 spiro atoms. The lowest BCUT2D eigenvalue weighted by atomic mass is 10.1. The van der Waals surface area contributed by atoms with Crippen LogP contribution in [0.4, 0.5) is 11.4 Å². The number of hydrogen-bond acceptors (Lipinski definition) is 8. The number of nitro groups is 1. The first-order valence-electron chi connectivity index (χ1n) is 8.57. The highest BCUT2D eigenvalue weighted by Gasteiger charge is 2.30. The molecule has 1 aromatic rings. The molecule has 0 saturated carbocycles. The Kier molecular flexibility index (Phi) is 10.5. The highest BCUT2D eigenvalue weighted by Crippen LogP contribution is 2.36. The smallest absolute Gasteiger partial charge is 0.369 e. The minimum absolute atomic E-state index is 0.134. The normalized spacial score (nSPS) is 11.9. The van der Waals surface area contributed by atoms with Crippen LogP contribution in [-0.4, -0.2) is 84.1 Å². The average Bonchev–Trinajstić information content (AvgIpc) is 2.64. The van der Waals surface area contributed by atoms with Crippen molar-refractivity contribution in [2.24, 2.45) is 0 Å². The molecule has 2 N–H and O–H groups in total. The number of halogens is 2. The Morgan fingerprint density at radius 3 is 2.19 bits per heavy atom. The summed E-state index contributed by atoms with van der Waals surface area (Å²) in [6.07, 6.45) is 0.920. The van der Waals surface area contributed by atoms with Gasteiger partial charge in [0.1, 0.15) is 5.56 Å². The second-order valence-corrected chi connectivity index (χ2v) is 11.1. The molecule has 0 atom stereocenters. The van der Waals surface area contributed by atoms with Gasteiger partial charge in [-0.15, -0.1) is 0 Å². The number of anilines is 1. The van der Waals surface area contributed by atoms with E-state index in [4.69, 9.17) is 9.79 Å². The number of nitrogens with zero attached hydrogens (tertiary/aromatic N) is 3. The van der Waals surface area contributed by atoms with Crippen molar-refractivity contribution in [2.45, 2.75) is 4.90 Å². The fourth-order valence-corrected chi connectivity index (χ4v) is 4.65. The van der Waals surface area contributed by atoms with E-state index in [2.05, 4.69) is 36.4 Å². The Bertz CT molecular complexity index is 965. The molecular weight excluding hydrogens is 589 g/mol. The van der Waals surface area contributed by atoms with E-state index in [0.29, 0.717) is 23.7 Å². The minimum Gasteiger partial charge on any atom is -0.369 e. The Balaban J connectivity index is 3.53. The number of carbonyl (C=O) groups is 1. The van der Waals surface area contributed by atoms with Crippen molar-refractivity contribution < 1.29 is 37.0 Å². The van der Waals surface area contributed by atoms with E-state index in [1.807, 2.05) is 0 Å². The van der Waals surface area contributed by atoms with Crippen molar-refractivity contribution >= 4 is 66.8 Å². The number of likely N-dealkylation sites (N-methyl/N-ethyl adjacent to an activating group) is 1. The van der Waals surface area contributed by atoms with Gasteiger partial charge in [0.2, 0.25) is 0 Å². The maximum Gasteiger partial charge on any atom is 0.469 e. The van der Waals surface area contributed by atoms with Gasteiger partial charge in [0.15, 0.2) is 9.84 Å². The number of phosphoric acid groups is 1. The first kappa shape index (κ1) is 27.9. The predicted molar refractivity (Wildman–Crippen MR) is 121 cm³/mol. The number of phosphoric ester groups is 1. The van der Waals surface area contributed by atoms with Crippen LogP contribution in [0.5, 0.6) is 0 Å². The summed E-state index contributed by atoms with van der Waals surface area (Å²) in [5.74, 6) is -0.833. The first-order valence-corrected chi connectivity index (χ1v) is 14.2. The van der Waals surface area contributed by atoms with Gasteiger partial charge in [-0.1, -0.05) is 31.9 Å². The molecule has 0 bridgehead atoms. The van der Waals surface area contributed by atoms with Crippen LogP contribution in [-0.2, 0) is 18.9 Å². The number of hydrogen-bond donors (Lipinski definition) is 2. The molecule has 12 nitrogen and oxygen atoms in total. The lowest BCUT2D eigenvalue weighted by Crippen LogP contribution is -2.32. The number of benzene rings is 1. The number of alkyl halides is 2. The molecule has 0 aliphatic heterocycles. The first-order chi connectivity index (χ1) is 14.2. The van der Waals surface area contributed by atoms with Crippen LogP contribution < -0.4 is 4.90 Å². The van der Waals surface area contributed by atoms with Crippen molar-refractivity contribution in [3.63, 3.8) is 0 Å². The maximum absolute atomic E-state index is 12.9. The molecule has 0 radical (unpaired) electrons. The van der Waals surface area contributed by atoms with Gasteiger partial charge in [-0.3, -0.25) is 19.4 Å². The molecule has 1 aromatic carbocycles. The zero-order valence-corrected chi connectivity index (χ0v) is 21.5. The Morgan fingerprint density at radius 1 is 1.23 bits per heavy atom. The summed E-state index contributed by atoms with van der Waals surface area (Å²) < 4.78 is 39.7. The van der Waals surface area contributed by atoms with Crippen molar-refractivity contribution in [2.75, 3.05) is 55.1 Å². The molecule has 0 aromatic heterocycles. The van der Waals surface area contributed by atoms with Crippen LogP contribution in [0.1, 0.15) is 10.4 Å². The molecule has 0 aliphatic carbocycles. The van der Waals surface area contributed by atoms with Gasteiger partial charge >= 0.3 is 7.82 Å². The highest BCUT2D eigenvalue weighted by molar-refractivity contribution is 9.09. The molecule has 1 rings (SSSR count). The number of amides is 1. The van der Waals surface area contributed by atoms with Crippen molar-refractivity contribution in [3.8, 4) is 0 Å². The molecule has 0 fully saturated rings. The van der Waals surface area contributed by atoms with Gasteiger partial charge in [0.25, 0.3) is 11.6 Å². The molecule has 16 heteroatoms. The summed E-state index contributed by atoms with van der Waals surface area (Å²) in [5.41, 5.74) is -0.926. The zero-order valence-electron chi connectivity index (χ0n) is 16.6. The van der Waals surface area contributed by atoms with Gasteiger partial charge in [-0.05, 0) is 6.07 Å². The van der Waals surface area contributed by atoms with Gasteiger partial charge in [0.05, 0.1) is 22.1 Å². The summed E-state index contributed by atoms with van der Waals surface area (Å²) in [6, 6.07) is 2.01. The summed E-state index contributed by atoms with van der Waals surface area (Å²) in [6.45, 7) is -0.0400. The molecule has 176 valence electrons. The van der Waals surface area contributed by atoms with Crippen LogP contribution in [0.3, 0.4) is 0 Å². The lowest BCUT2D eigenvalue weighted by molar-refractivity contribution is -0.385. The van der Waals surface area contributed by atoms with Crippen LogP contribution in [0, 0.1) is 10.1 Å². The third-order valence-corrected chi connectivity index (χ3v) is 6.34. The molecule has 0 saturated heterocycles. The largest absolute Gasteiger partial charge is 0.469 e. The molecule has 0 heterocycles. The Labute approximate surface area is 196 Å². The topological polar surface area (TPSA) is 168 Å². The minimum atomic E-state index is -4.74. The van der Waals surface area contributed by atoms with Crippen LogP contribution in [0.15, 0.2) is 17.0 Å². The van der Waals surface area contributed by atoms with E-state index >= 15 is 0 Å². The van der Waals surface area contributed by atoms with Gasteiger partial charge < -0.3 is 19.6 Å². The third-order valence-electron chi connectivity index (χ3n) is 3.99. The lowest BCUT2D eigenvalue weighted by Gasteiger charge is -2.26. The molecular formula is C15H22Br2N3O9PS. The second-order valence-electron chi connectivity index (χ2n) is 6.28. The zero-order chi connectivity index (χ0) is 24.0. The number of sulfone groups is 1. The van der Waals surface area contributed by atoms with Crippen molar-refractivity contribution in [3.05, 3.63) is 27.8 Å². The molecule has 0 unspecified atom stereocenters. The number of nitro benzene ring substituents is 1. The standard InChI is InChI=1S/C15H22Br2N3O9PS/c1-18(7-8-29-30(24,25)26)15(21)11-9-13(19(5-3-16)6-4-17)14(31(2,27)28)10-12(11)20(22)23/h9-10H,3-8H2,1-2H3,(H2,24,25,26). The van der Waals surface area contributed by atoms with Crippen LogP contribution in [0.25, 0.3) is 0 Å². The number of carbonyl (C=O) groups excluding carboxylic acids is 1. The SMILES string of the molecule is CN(CCOP(=O)(O)O)C(=O)c1cc(N(CCBr)CCBr)c(S(C)(=O)=O)cc1[N+](=O)[O-]. The van der Waals surface area contributed by atoms with E-state index in [1.54, 1.807) is 4.90 Å². The van der Waals surface area contributed by atoms with E-state index in [9.17, 15) is 27.9 Å². The van der Waals surface area contributed by atoms with Crippen molar-refractivity contribution in [1.82, 2.24) is 4.90 Å². The average molecular weight is 611 g/mol. The summed E-state index contributed by atoms with van der Waals surface area (Å²) in [4.78, 5) is 43.4. The van der Waals surface area contributed by atoms with E-state index in [-0.39, 0.29) is 22.7 Å². The third kappa shape index (κ3) is 8.40. The second kappa shape index (κ2) is 11.7. The Morgan fingerprint density at radius 2 is 1.77 bits per heavy atom. The van der Waals surface area contributed by atoms with Crippen LogP contribution in [0.2, 0.25) is 0 Å². The van der Waals surface area contributed by atoms with E-state index in [1.165, 1.54) is 7.05 Å². The van der Waals surface area contributed by atoms with Crippen molar-refractivity contribution in [1.29, 1.82) is 0 Å². The summed E-state index contributed by atoms with van der Waals surface area (Å²) in [5, 5.41) is 12.5. The fraction of sp³-hybridized carbons (Fsp3) is 0.533. The fourth-order valence-electron chi connectivity index (χ4n) is 2.58. The predicted octanol–water partition coefficient (Wildman–Crippen LogP) is 1.78. The monoisotopic (exact) mass is 609 g/mol. The number of rotatable bonds is 12. The molecule has 1 amide bonds. The molecule has 31 heavy (non-hydrogen) atoms. The van der Waals surface area contributed by atoms with E-state index < -0.39 is 40.8 Å². The molecule has 0 aliphatic rings. The van der Waals surface area contributed by atoms with Gasteiger partial charge in [0, 0.05) is 49.7 Å². The quantitative estimate of drug-likeness (QED) is 0.154. The van der Waals surface area contributed by atoms with E-state index in [0.717, 1.165) is 23.3 Å². The Hall–Kier alpha value is -1.09. The highest BCUT2D eigenvalue weighted by atomic mass is 79.9. The summed E-state index contributed by atoms with van der Waals surface area (Å²) in [7, 11) is -7.34. The van der Waals surface area contributed by atoms with Gasteiger partial charge in [-0.25, -0.2) is 13.0 Å². The van der Waals surface area contributed by atoms with Crippen LogP contribution >= 0.6 is 39.7 Å². The summed E-state index contributed by atoms with van der Waals surface area (Å²) >= 11 is 6.56.